The van der Waals surface area contributed by atoms with Gasteiger partial charge in [-0.05, 0) is 18.6 Å². The number of fused-ring (bicyclic) bond motifs is 2. The number of carbonyl (C=O) groups excluding carboxylic acids is 1. The molecule has 0 aliphatic heterocycles. The van der Waals surface area contributed by atoms with Gasteiger partial charge in [-0.1, -0.05) is 30.4 Å². The molecule has 0 fully saturated rings. The highest BCUT2D eigenvalue weighted by molar-refractivity contribution is 6.10. The average Bonchev–Trinajstić information content (AvgIpc) is 2.99. The van der Waals surface area contributed by atoms with Crippen LogP contribution < -0.4 is 5.32 Å². The minimum Gasteiger partial charge on any atom is -0.478 e. The molecule has 1 aromatic rings. The van der Waals surface area contributed by atoms with Gasteiger partial charge in [-0.2, -0.15) is 0 Å². The van der Waals surface area contributed by atoms with Gasteiger partial charge in [0.25, 0.3) is 5.91 Å². The Kier molecular flexibility index (Phi) is 2.71. The number of anilines is 1. The van der Waals surface area contributed by atoms with Crippen molar-refractivity contribution in [1.29, 1.82) is 0 Å². The molecule has 0 heterocycles. The summed E-state index contributed by atoms with van der Waals surface area (Å²) in [5, 5.41) is 12.0. The van der Waals surface area contributed by atoms with Crippen LogP contribution in [0.25, 0.3) is 0 Å². The number of carboxylic acid groups (broad SMARTS) is 1. The second-order valence-corrected chi connectivity index (χ2v) is 4.79. The first-order chi connectivity index (χ1) is 9.16. The predicted molar refractivity (Wildman–Crippen MR) is 70.5 cm³/mol. The first-order valence-corrected chi connectivity index (χ1v) is 6.19. The van der Waals surface area contributed by atoms with Crippen LogP contribution in [-0.2, 0) is 9.59 Å². The van der Waals surface area contributed by atoms with Gasteiger partial charge in [0.2, 0.25) is 0 Å². The highest BCUT2D eigenvalue weighted by Gasteiger charge is 2.41. The molecule has 0 saturated carbocycles. The van der Waals surface area contributed by atoms with Crippen molar-refractivity contribution in [2.24, 2.45) is 11.8 Å². The van der Waals surface area contributed by atoms with Gasteiger partial charge < -0.3 is 10.4 Å². The Bertz CT molecular complexity index is 601. The SMILES string of the molecule is O=C(O)C1=C(C(=O)Nc2ccccc2)C2C=CC1C2. The summed E-state index contributed by atoms with van der Waals surface area (Å²) in [5.41, 5.74) is 1.33. The van der Waals surface area contributed by atoms with Gasteiger partial charge in [0, 0.05) is 23.1 Å². The van der Waals surface area contributed by atoms with Crippen molar-refractivity contribution in [3.05, 3.63) is 53.6 Å². The van der Waals surface area contributed by atoms with Gasteiger partial charge in [0.15, 0.2) is 0 Å². The molecule has 4 nitrogen and oxygen atoms in total. The molecule has 2 aliphatic rings. The molecular weight excluding hydrogens is 242 g/mol. The molecule has 19 heavy (non-hydrogen) atoms. The van der Waals surface area contributed by atoms with E-state index in [2.05, 4.69) is 5.32 Å². The zero-order valence-corrected chi connectivity index (χ0v) is 10.2. The molecule has 0 radical (unpaired) electrons. The van der Waals surface area contributed by atoms with Crippen LogP contribution in [-0.4, -0.2) is 17.0 Å². The smallest absolute Gasteiger partial charge is 0.332 e. The number of carbonyl (C=O) groups is 2. The number of allylic oxidation sites excluding steroid dienone is 2. The van der Waals surface area contributed by atoms with Crippen LogP contribution in [0.15, 0.2) is 53.6 Å². The van der Waals surface area contributed by atoms with E-state index >= 15 is 0 Å². The fourth-order valence-corrected chi connectivity index (χ4v) is 2.81. The second-order valence-electron chi connectivity index (χ2n) is 4.79. The Hall–Kier alpha value is -2.36. The molecule has 2 bridgehead atoms. The highest BCUT2D eigenvalue weighted by Crippen LogP contribution is 2.44. The average molecular weight is 255 g/mol. The number of para-hydroxylation sites is 1. The Morgan fingerprint density at radius 1 is 1.05 bits per heavy atom. The van der Waals surface area contributed by atoms with Crippen molar-refractivity contribution in [2.75, 3.05) is 5.32 Å². The number of hydrogen-bond acceptors (Lipinski definition) is 2. The van der Waals surface area contributed by atoms with E-state index < -0.39 is 5.97 Å². The van der Waals surface area contributed by atoms with Crippen molar-refractivity contribution in [2.45, 2.75) is 6.42 Å². The predicted octanol–water partition coefficient (Wildman–Crippen LogP) is 2.21. The molecule has 1 aromatic carbocycles. The maximum Gasteiger partial charge on any atom is 0.332 e. The Labute approximate surface area is 110 Å². The van der Waals surface area contributed by atoms with Gasteiger partial charge in [-0.15, -0.1) is 0 Å². The van der Waals surface area contributed by atoms with E-state index in [0.717, 1.165) is 0 Å². The first kappa shape index (κ1) is 11.7. The normalized spacial score (nSPS) is 23.8. The molecule has 2 aliphatic carbocycles. The molecule has 3 rings (SSSR count). The second kappa shape index (κ2) is 4.39. The summed E-state index contributed by atoms with van der Waals surface area (Å²) in [6.45, 7) is 0. The van der Waals surface area contributed by atoms with E-state index in [1.165, 1.54) is 0 Å². The van der Waals surface area contributed by atoms with E-state index in [-0.39, 0.29) is 23.3 Å². The maximum absolute atomic E-state index is 12.3. The van der Waals surface area contributed by atoms with Crippen LogP contribution in [0.3, 0.4) is 0 Å². The Morgan fingerprint density at radius 2 is 1.68 bits per heavy atom. The standard InChI is InChI=1S/C15H13NO3/c17-14(16-11-4-2-1-3-5-11)12-9-6-7-10(8-9)13(12)15(18)19/h1-7,9-10H,8H2,(H,16,17)(H,18,19). The van der Waals surface area contributed by atoms with E-state index in [9.17, 15) is 14.7 Å². The maximum atomic E-state index is 12.3. The fraction of sp³-hybridized carbons (Fsp3) is 0.200. The molecule has 2 atom stereocenters. The van der Waals surface area contributed by atoms with Gasteiger partial charge in [0.1, 0.15) is 0 Å². The third-order valence-electron chi connectivity index (χ3n) is 3.62. The van der Waals surface area contributed by atoms with Gasteiger partial charge in [0.05, 0.1) is 5.57 Å². The van der Waals surface area contributed by atoms with Gasteiger partial charge >= 0.3 is 5.97 Å². The van der Waals surface area contributed by atoms with Crippen LogP contribution in [0.2, 0.25) is 0 Å². The topological polar surface area (TPSA) is 66.4 Å². The lowest BCUT2D eigenvalue weighted by Crippen LogP contribution is -2.21. The van der Waals surface area contributed by atoms with Crippen LogP contribution in [0.4, 0.5) is 5.69 Å². The van der Waals surface area contributed by atoms with Crippen LogP contribution >= 0.6 is 0 Å². The summed E-state index contributed by atoms with van der Waals surface area (Å²) >= 11 is 0. The van der Waals surface area contributed by atoms with Gasteiger partial charge in [-0.3, -0.25) is 4.79 Å². The lowest BCUT2D eigenvalue weighted by Gasteiger charge is -2.13. The number of nitrogens with one attached hydrogen (secondary N) is 1. The van der Waals surface area contributed by atoms with Crippen LogP contribution in [0, 0.1) is 11.8 Å². The number of hydrogen-bond donors (Lipinski definition) is 2. The number of amides is 1. The zero-order chi connectivity index (χ0) is 13.4. The van der Waals surface area contributed by atoms with Gasteiger partial charge in [-0.25, -0.2) is 4.79 Å². The van der Waals surface area contributed by atoms with E-state index in [4.69, 9.17) is 0 Å². The quantitative estimate of drug-likeness (QED) is 0.814. The van der Waals surface area contributed by atoms with Crippen molar-refractivity contribution >= 4 is 17.6 Å². The summed E-state index contributed by atoms with van der Waals surface area (Å²) in [5.74, 6) is -1.46. The lowest BCUT2D eigenvalue weighted by atomic mass is 9.96. The zero-order valence-electron chi connectivity index (χ0n) is 10.2. The molecular formula is C15H13NO3. The largest absolute Gasteiger partial charge is 0.478 e. The number of benzene rings is 1. The molecule has 0 saturated heterocycles. The van der Waals surface area contributed by atoms with E-state index in [0.29, 0.717) is 17.7 Å². The minimum absolute atomic E-state index is 0.0557. The summed E-state index contributed by atoms with van der Waals surface area (Å²) in [6.07, 6.45) is 4.52. The summed E-state index contributed by atoms with van der Waals surface area (Å²) in [6, 6.07) is 9.06. The highest BCUT2D eigenvalue weighted by atomic mass is 16.4. The molecule has 1 amide bonds. The lowest BCUT2D eigenvalue weighted by molar-refractivity contribution is -0.133. The molecule has 2 unspecified atom stereocenters. The van der Waals surface area contributed by atoms with E-state index in [1.54, 1.807) is 12.1 Å². The monoisotopic (exact) mass is 255 g/mol. The van der Waals surface area contributed by atoms with Crippen LogP contribution in [0.5, 0.6) is 0 Å². The molecule has 96 valence electrons. The van der Waals surface area contributed by atoms with Crippen molar-refractivity contribution in [3.8, 4) is 0 Å². The third-order valence-corrected chi connectivity index (χ3v) is 3.62. The molecule has 2 N–H and O–H groups in total. The summed E-state index contributed by atoms with van der Waals surface area (Å²) in [4.78, 5) is 23.5. The molecule has 0 spiro atoms. The van der Waals surface area contributed by atoms with Crippen molar-refractivity contribution in [3.63, 3.8) is 0 Å². The van der Waals surface area contributed by atoms with Crippen LogP contribution in [0.1, 0.15) is 6.42 Å². The molecule has 4 heteroatoms. The summed E-state index contributed by atoms with van der Waals surface area (Å²) < 4.78 is 0. The number of carboxylic acids is 1. The third kappa shape index (κ3) is 1.95. The van der Waals surface area contributed by atoms with Crippen molar-refractivity contribution in [1.82, 2.24) is 0 Å². The number of rotatable bonds is 3. The van der Waals surface area contributed by atoms with E-state index in [1.807, 2.05) is 30.4 Å². The van der Waals surface area contributed by atoms with Crippen molar-refractivity contribution < 1.29 is 14.7 Å². The first-order valence-electron chi connectivity index (χ1n) is 6.19. The summed E-state index contributed by atoms with van der Waals surface area (Å²) in [7, 11) is 0. The number of aliphatic carboxylic acids is 1. The molecule has 0 aromatic heterocycles. The fourth-order valence-electron chi connectivity index (χ4n) is 2.81. The Morgan fingerprint density at radius 3 is 2.32 bits per heavy atom. The minimum atomic E-state index is -0.991. The Balaban J connectivity index is 1.89.